The Kier molecular flexibility index (Phi) is 3.11. The Hall–Kier alpha value is -2.61. The Morgan fingerprint density at radius 3 is 2.78 bits per heavy atom. The first-order chi connectivity index (χ1) is 8.63. The standard InChI is InChI=1S/C13H11N3O2/c1-8-5-9(3-4-12(8)18-2)11-6-10(7-14)15-13(17)16-11/h3-6H,1-2H3,(H,15,16,17). The number of benzene rings is 1. The summed E-state index contributed by atoms with van der Waals surface area (Å²) in [5, 5.41) is 8.78. The molecule has 0 aliphatic rings. The summed E-state index contributed by atoms with van der Waals surface area (Å²) in [4.78, 5) is 17.5. The van der Waals surface area contributed by atoms with Gasteiger partial charge in [0.1, 0.15) is 17.5 Å². The minimum Gasteiger partial charge on any atom is -0.496 e. The first kappa shape index (κ1) is 11.9. The molecule has 2 rings (SSSR count). The molecule has 1 aromatic carbocycles. The van der Waals surface area contributed by atoms with Gasteiger partial charge in [-0.05, 0) is 42.3 Å². The average molecular weight is 241 g/mol. The van der Waals surface area contributed by atoms with Crippen LogP contribution in [-0.4, -0.2) is 17.1 Å². The number of nitrogens with one attached hydrogen (secondary N) is 1. The third-order valence-electron chi connectivity index (χ3n) is 2.57. The molecule has 1 aromatic heterocycles. The number of aromatic amines is 1. The van der Waals surface area contributed by atoms with Crippen LogP contribution in [0, 0.1) is 18.3 Å². The average Bonchev–Trinajstić information content (AvgIpc) is 2.37. The smallest absolute Gasteiger partial charge is 0.346 e. The number of aryl methyl sites for hydroxylation is 1. The van der Waals surface area contributed by atoms with Gasteiger partial charge in [-0.2, -0.15) is 10.2 Å². The molecule has 5 nitrogen and oxygen atoms in total. The Balaban J connectivity index is 2.56. The van der Waals surface area contributed by atoms with Crippen molar-refractivity contribution < 1.29 is 4.74 Å². The van der Waals surface area contributed by atoms with Crippen LogP contribution in [0.1, 0.15) is 11.3 Å². The molecule has 0 saturated carbocycles. The van der Waals surface area contributed by atoms with Crippen molar-refractivity contribution in [3.05, 3.63) is 46.0 Å². The highest BCUT2D eigenvalue weighted by molar-refractivity contribution is 5.62. The summed E-state index contributed by atoms with van der Waals surface area (Å²) in [7, 11) is 1.60. The van der Waals surface area contributed by atoms with Crippen LogP contribution in [0.3, 0.4) is 0 Å². The predicted molar refractivity (Wildman–Crippen MR) is 66.3 cm³/mol. The van der Waals surface area contributed by atoms with Crippen molar-refractivity contribution in [3.63, 3.8) is 0 Å². The molecule has 0 spiro atoms. The van der Waals surface area contributed by atoms with Gasteiger partial charge in [-0.25, -0.2) is 4.79 Å². The van der Waals surface area contributed by atoms with Gasteiger partial charge in [0.2, 0.25) is 0 Å². The molecule has 5 heteroatoms. The van der Waals surface area contributed by atoms with E-state index in [2.05, 4.69) is 9.97 Å². The van der Waals surface area contributed by atoms with Crippen LogP contribution in [0.5, 0.6) is 5.75 Å². The lowest BCUT2D eigenvalue weighted by molar-refractivity contribution is 0.412. The van der Waals surface area contributed by atoms with E-state index >= 15 is 0 Å². The molecule has 0 fully saturated rings. The maximum absolute atomic E-state index is 11.3. The van der Waals surface area contributed by atoms with Crippen LogP contribution < -0.4 is 10.4 Å². The van der Waals surface area contributed by atoms with Crippen molar-refractivity contribution >= 4 is 0 Å². The van der Waals surface area contributed by atoms with Crippen LogP contribution in [0.4, 0.5) is 0 Å². The molecule has 0 atom stereocenters. The number of rotatable bonds is 2. The summed E-state index contributed by atoms with van der Waals surface area (Å²) < 4.78 is 5.17. The topological polar surface area (TPSA) is 78.8 Å². The summed E-state index contributed by atoms with van der Waals surface area (Å²) >= 11 is 0. The number of nitrogens with zero attached hydrogens (tertiary/aromatic N) is 2. The van der Waals surface area contributed by atoms with Gasteiger partial charge in [0.25, 0.3) is 0 Å². The van der Waals surface area contributed by atoms with Gasteiger partial charge >= 0.3 is 5.69 Å². The summed E-state index contributed by atoms with van der Waals surface area (Å²) in [5.41, 5.74) is 1.90. The molecule has 1 heterocycles. The molecule has 0 radical (unpaired) electrons. The lowest BCUT2D eigenvalue weighted by atomic mass is 10.1. The monoisotopic (exact) mass is 241 g/mol. The highest BCUT2D eigenvalue weighted by Crippen LogP contribution is 2.24. The van der Waals surface area contributed by atoms with Gasteiger partial charge in [-0.3, -0.25) is 0 Å². The van der Waals surface area contributed by atoms with Crippen molar-refractivity contribution in [2.24, 2.45) is 0 Å². The van der Waals surface area contributed by atoms with Gasteiger partial charge < -0.3 is 9.72 Å². The molecule has 0 bridgehead atoms. The highest BCUT2D eigenvalue weighted by atomic mass is 16.5. The van der Waals surface area contributed by atoms with E-state index in [1.807, 2.05) is 31.2 Å². The van der Waals surface area contributed by atoms with Crippen LogP contribution >= 0.6 is 0 Å². The van der Waals surface area contributed by atoms with Gasteiger partial charge in [0.15, 0.2) is 0 Å². The lowest BCUT2D eigenvalue weighted by Crippen LogP contribution is -2.12. The number of hydrogen-bond donors (Lipinski definition) is 1. The van der Waals surface area contributed by atoms with E-state index in [9.17, 15) is 4.79 Å². The minimum absolute atomic E-state index is 0.0993. The quantitative estimate of drug-likeness (QED) is 0.866. The first-order valence-electron chi connectivity index (χ1n) is 5.30. The number of hydrogen-bond acceptors (Lipinski definition) is 4. The number of H-pyrrole nitrogens is 1. The number of aromatic nitrogens is 2. The van der Waals surface area contributed by atoms with Crippen molar-refractivity contribution in [2.75, 3.05) is 7.11 Å². The van der Waals surface area contributed by atoms with E-state index in [1.165, 1.54) is 0 Å². The normalized spacial score (nSPS) is 9.83. The van der Waals surface area contributed by atoms with Crippen LogP contribution in [0.2, 0.25) is 0 Å². The Labute approximate surface area is 104 Å². The summed E-state index contributed by atoms with van der Waals surface area (Å²) in [6.07, 6.45) is 0. The zero-order valence-corrected chi connectivity index (χ0v) is 10.0. The van der Waals surface area contributed by atoms with E-state index in [4.69, 9.17) is 10.00 Å². The molecular formula is C13H11N3O2. The fraction of sp³-hybridized carbons (Fsp3) is 0.154. The van der Waals surface area contributed by atoms with Gasteiger partial charge in [-0.15, -0.1) is 0 Å². The molecule has 90 valence electrons. The minimum atomic E-state index is -0.530. The molecule has 0 unspecified atom stereocenters. The lowest BCUT2D eigenvalue weighted by Gasteiger charge is -2.07. The molecule has 18 heavy (non-hydrogen) atoms. The van der Waals surface area contributed by atoms with Gasteiger partial charge in [0, 0.05) is 0 Å². The predicted octanol–water partition coefficient (Wildman–Crippen LogP) is 1.63. The van der Waals surface area contributed by atoms with E-state index in [0.29, 0.717) is 5.69 Å². The highest BCUT2D eigenvalue weighted by Gasteiger charge is 2.05. The largest absolute Gasteiger partial charge is 0.496 e. The maximum Gasteiger partial charge on any atom is 0.346 e. The summed E-state index contributed by atoms with van der Waals surface area (Å²) in [5.74, 6) is 0.774. The number of nitriles is 1. The Bertz CT molecular complexity index is 683. The zero-order chi connectivity index (χ0) is 13.1. The zero-order valence-electron chi connectivity index (χ0n) is 10.0. The second-order valence-corrected chi connectivity index (χ2v) is 3.78. The van der Waals surface area contributed by atoms with Gasteiger partial charge in [-0.1, -0.05) is 0 Å². The third-order valence-corrected chi connectivity index (χ3v) is 2.57. The van der Waals surface area contributed by atoms with Crippen molar-refractivity contribution in [1.82, 2.24) is 9.97 Å². The van der Waals surface area contributed by atoms with Crippen LogP contribution in [0.15, 0.2) is 29.1 Å². The number of methoxy groups -OCH3 is 1. The Morgan fingerprint density at radius 1 is 1.39 bits per heavy atom. The summed E-state index contributed by atoms with van der Waals surface area (Å²) in [6.45, 7) is 1.91. The van der Waals surface area contributed by atoms with Crippen LogP contribution in [0.25, 0.3) is 11.3 Å². The maximum atomic E-state index is 11.3. The third kappa shape index (κ3) is 2.23. The van der Waals surface area contributed by atoms with Crippen molar-refractivity contribution in [3.8, 4) is 23.1 Å². The molecule has 0 aliphatic carbocycles. The number of ether oxygens (including phenoxy) is 1. The summed E-state index contributed by atoms with van der Waals surface area (Å²) in [6, 6.07) is 8.92. The van der Waals surface area contributed by atoms with E-state index in [-0.39, 0.29) is 5.69 Å². The molecule has 1 N–H and O–H groups in total. The molecule has 2 aromatic rings. The Morgan fingerprint density at radius 2 is 2.17 bits per heavy atom. The van der Waals surface area contributed by atoms with Crippen molar-refractivity contribution in [1.29, 1.82) is 5.26 Å². The SMILES string of the molecule is COc1ccc(-c2cc(C#N)nc(=O)[nH]2)cc1C. The molecular weight excluding hydrogens is 230 g/mol. The van der Waals surface area contributed by atoms with E-state index < -0.39 is 5.69 Å². The fourth-order valence-electron chi connectivity index (χ4n) is 1.72. The second-order valence-electron chi connectivity index (χ2n) is 3.78. The van der Waals surface area contributed by atoms with E-state index in [1.54, 1.807) is 13.2 Å². The van der Waals surface area contributed by atoms with E-state index in [0.717, 1.165) is 16.9 Å². The molecule has 0 amide bonds. The molecule has 0 aliphatic heterocycles. The molecule has 0 saturated heterocycles. The second kappa shape index (κ2) is 4.72. The van der Waals surface area contributed by atoms with Gasteiger partial charge in [0.05, 0.1) is 12.8 Å². The first-order valence-corrected chi connectivity index (χ1v) is 5.30. The van der Waals surface area contributed by atoms with Crippen molar-refractivity contribution in [2.45, 2.75) is 6.92 Å². The van der Waals surface area contributed by atoms with Crippen LogP contribution in [-0.2, 0) is 0 Å². The fourth-order valence-corrected chi connectivity index (χ4v) is 1.72.